The van der Waals surface area contributed by atoms with Gasteiger partial charge in [-0.2, -0.15) is 0 Å². The fourth-order valence-corrected chi connectivity index (χ4v) is 3.98. The molecule has 23 heavy (non-hydrogen) atoms. The second-order valence-corrected chi connectivity index (χ2v) is 7.59. The molecule has 0 amide bonds. The molecule has 1 N–H and O–H groups in total. The monoisotopic (exact) mass is 337 g/mol. The summed E-state index contributed by atoms with van der Waals surface area (Å²) in [6.45, 7) is 0.128. The molecular weight excluding hydrogens is 314 g/mol. The molecule has 2 aliphatic rings. The van der Waals surface area contributed by atoms with Gasteiger partial charge in [-0.25, -0.2) is 13.1 Å². The van der Waals surface area contributed by atoms with Gasteiger partial charge in [-0.15, -0.1) is 0 Å². The van der Waals surface area contributed by atoms with Gasteiger partial charge in [0.25, 0.3) is 0 Å². The summed E-state index contributed by atoms with van der Waals surface area (Å²) in [6.07, 6.45) is 14.5. The summed E-state index contributed by atoms with van der Waals surface area (Å²) in [5.74, 6) is 0.712. The Labute approximate surface area is 137 Å². The number of rotatable bonds is 8. The fourth-order valence-electron chi connectivity index (χ4n) is 2.72. The van der Waals surface area contributed by atoms with E-state index in [9.17, 15) is 13.2 Å². The fraction of sp³-hybridized carbons (Fsp3) is 0.471. The first kappa shape index (κ1) is 17.7. The average Bonchev–Trinajstić information content (AvgIpc) is 2.59. The van der Waals surface area contributed by atoms with E-state index in [4.69, 9.17) is 4.74 Å². The van der Waals surface area contributed by atoms with E-state index in [0.717, 1.165) is 24.9 Å². The lowest BCUT2D eigenvalue weighted by Crippen LogP contribution is -2.32. The number of allylic oxidation sites excluding steroid dienone is 8. The van der Waals surface area contributed by atoms with Crippen molar-refractivity contribution >= 4 is 16.3 Å². The van der Waals surface area contributed by atoms with Crippen molar-refractivity contribution < 1.29 is 17.9 Å². The van der Waals surface area contributed by atoms with Gasteiger partial charge in [0.1, 0.15) is 6.29 Å². The van der Waals surface area contributed by atoms with Crippen LogP contribution in [0.2, 0.25) is 0 Å². The molecule has 6 heteroatoms. The Morgan fingerprint density at radius 1 is 1.39 bits per heavy atom. The first-order valence-corrected chi connectivity index (χ1v) is 9.25. The van der Waals surface area contributed by atoms with Crippen molar-refractivity contribution in [3.63, 3.8) is 0 Å². The van der Waals surface area contributed by atoms with Crippen LogP contribution in [0.25, 0.3) is 0 Å². The molecule has 0 aliphatic heterocycles. The Hall–Kier alpha value is -1.66. The summed E-state index contributed by atoms with van der Waals surface area (Å²) < 4.78 is 32.2. The lowest BCUT2D eigenvalue weighted by molar-refractivity contribution is -0.111. The molecule has 0 aromatic carbocycles. The minimum atomic E-state index is -3.50. The third-order valence-electron chi connectivity index (χ3n) is 4.05. The Kier molecular flexibility index (Phi) is 6.36. The van der Waals surface area contributed by atoms with E-state index < -0.39 is 10.0 Å². The van der Waals surface area contributed by atoms with Gasteiger partial charge < -0.3 is 9.53 Å². The van der Waals surface area contributed by atoms with Gasteiger partial charge in [-0.1, -0.05) is 24.3 Å². The first-order chi connectivity index (χ1) is 11.0. The van der Waals surface area contributed by atoms with Crippen molar-refractivity contribution in [2.75, 3.05) is 13.7 Å². The number of carbonyl (C=O) groups excluding carboxylic acids is 1. The Morgan fingerprint density at radius 3 is 2.87 bits per heavy atom. The Balaban J connectivity index is 1.89. The molecule has 0 radical (unpaired) electrons. The quantitative estimate of drug-likeness (QED) is 0.691. The number of carbonyl (C=O) groups is 1. The third kappa shape index (κ3) is 5.18. The van der Waals surface area contributed by atoms with E-state index in [1.165, 1.54) is 0 Å². The zero-order valence-corrected chi connectivity index (χ0v) is 14.1. The maximum absolute atomic E-state index is 12.2. The van der Waals surface area contributed by atoms with Crippen LogP contribution in [0.3, 0.4) is 0 Å². The minimum absolute atomic E-state index is 0.128. The summed E-state index contributed by atoms with van der Waals surface area (Å²) in [4.78, 5) is 11.7. The molecule has 2 rings (SSSR count). The predicted octanol–water partition coefficient (Wildman–Crippen LogP) is 2.45. The Bertz CT molecular complexity index is 644. The normalized spacial score (nSPS) is 22.2. The van der Waals surface area contributed by atoms with Crippen molar-refractivity contribution in [2.24, 2.45) is 11.8 Å². The Morgan fingerprint density at radius 2 is 2.22 bits per heavy atom. The van der Waals surface area contributed by atoms with E-state index in [0.29, 0.717) is 17.7 Å². The minimum Gasteiger partial charge on any atom is -0.501 e. The molecule has 0 aromatic rings. The predicted molar refractivity (Wildman–Crippen MR) is 89.9 cm³/mol. The van der Waals surface area contributed by atoms with Gasteiger partial charge in [-0.05, 0) is 37.3 Å². The summed E-state index contributed by atoms with van der Waals surface area (Å²) in [5, 5.41) is 0. The standard InChI is InChI=1S/C17H23NO4S/c1-22-16-7-5-6-14(11-16)10-15(13-19)12-18-23(20,21)17-8-3-2-4-9-17/h2-3,5-8,13-15,18H,4,9-12H2,1H3. The molecule has 0 bridgehead atoms. The molecule has 0 heterocycles. The largest absolute Gasteiger partial charge is 0.501 e. The van der Waals surface area contributed by atoms with E-state index in [-0.39, 0.29) is 18.4 Å². The van der Waals surface area contributed by atoms with Crippen molar-refractivity contribution in [3.05, 3.63) is 47.1 Å². The van der Waals surface area contributed by atoms with E-state index in [1.54, 1.807) is 19.3 Å². The van der Waals surface area contributed by atoms with Gasteiger partial charge >= 0.3 is 0 Å². The molecule has 0 spiro atoms. The molecule has 2 unspecified atom stereocenters. The topological polar surface area (TPSA) is 72.5 Å². The highest BCUT2D eigenvalue weighted by atomic mass is 32.2. The number of hydrogen-bond acceptors (Lipinski definition) is 4. The molecule has 2 atom stereocenters. The molecule has 126 valence electrons. The van der Waals surface area contributed by atoms with Crippen molar-refractivity contribution in [2.45, 2.75) is 25.7 Å². The first-order valence-electron chi connectivity index (χ1n) is 7.77. The van der Waals surface area contributed by atoms with Crippen LogP contribution in [0.4, 0.5) is 0 Å². The number of ether oxygens (including phenoxy) is 1. The second kappa shape index (κ2) is 8.26. The van der Waals surface area contributed by atoms with Gasteiger partial charge in [0, 0.05) is 18.9 Å². The lowest BCUT2D eigenvalue weighted by atomic mass is 9.89. The van der Waals surface area contributed by atoms with Crippen molar-refractivity contribution in [1.29, 1.82) is 0 Å². The van der Waals surface area contributed by atoms with Crippen LogP contribution >= 0.6 is 0 Å². The molecule has 5 nitrogen and oxygen atoms in total. The summed E-state index contributed by atoms with van der Waals surface area (Å²) >= 11 is 0. The molecular formula is C17H23NO4S. The SMILES string of the molecule is COC1=CC=CC(CC(C=O)CNS(=O)(=O)C2=CC=CCC2)C1. The van der Waals surface area contributed by atoms with Crippen molar-refractivity contribution in [3.8, 4) is 0 Å². The zero-order valence-electron chi connectivity index (χ0n) is 13.3. The van der Waals surface area contributed by atoms with E-state index >= 15 is 0 Å². The van der Waals surface area contributed by atoms with Gasteiger partial charge in [-0.3, -0.25) is 0 Å². The average molecular weight is 337 g/mol. The number of nitrogens with one attached hydrogen (secondary N) is 1. The van der Waals surface area contributed by atoms with Gasteiger partial charge in [0.2, 0.25) is 10.0 Å². The maximum atomic E-state index is 12.2. The van der Waals surface area contributed by atoms with Crippen LogP contribution in [0, 0.1) is 11.8 Å². The summed E-state index contributed by atoms with van der Waals surface area (Å²) in [5.41, 5.74) is 0. The van der Waals surface area contributed by atoms with E-state index in [1.807, 2.05) is 24.3 Å². The summed E-state index contributed by atoms with van der Waals surface area (Å²) in [6, 6.07) is 0. The zero-order chi connectivity index (χ0) is 16.7. The summed E-state index contributed by atoms with van der Waals surface area (Å²) in [7, 11) is -1.87. The molecule has 0 saturated carbocycles. The highest BCUT2D eigenvalue weighted by Gasteiger charge is 2.22. The van der Waals surface area contributed by atoms with Crippen LogP contribution in [-0.2, 0) is 19.6 Å². The van der Waals surface area contributed by atoms with Gasteiger partial charge in [0.15, 0.2) is 0 Å². The maximum Gasteiger partial charge on any atom is 0.236 e. The molecule has 2 aliphatic carbocycles. The smallest absolute Gasteiger partial charge is 0.236 e. The van der Waals surface area contributed by atoms with Crippen molar-refractivity contribution in [1.82, 2.24) is 4.72 Å². The number of sulfonamides is 1. The second-order valence-electron chi connectivity index (χ2n) is 5.77. The highest BCUT2D eigenvalue weighted by molar-refractivity contribution is 7.93. The highest BCUT2D eigenvalue weighted by Crippen LogP contribution is 2.25. The number of aldehydes is 1. The molecule has 0 aromatic heterocycles. The van der Waals surface area contributed by atoms with E-state index in [2.05, 4.69) is 4.72 Å². The lowest BCUT2D eigenvalue weighted by Gasteiger charge is -2.21. The number of methoxy groups -OCH3 is 1. The van der Waals surface area contributed by atoms with Crippen LogP contribution in [0.1, 0.15) is 25.7 Å². The molecule has 0 saturated heterocycles. The van der Waals surface area contributed by atoms with Crippen LogP contribution < -0.4 is 4.72 Å². The molecule has 0 fully saturated rings. The third-order valence-corrected chi connectivity index (χ3v) is 5.62. The van der Waals surface area contributed by atoms with Crippen LogP contribution in [-0.4, -0.2) is 28.4 Å². The van der Waals surface area contributed by atoms with Gasteiger partial charge in [0.05, 0.1) is 17.8 Å². The van der Waals surface area contributed by atoms with Crippen LogP contribution in [0.5, 0.6) is 0 Å². The number of hydrogen-bond donors (Lipinski definition) is 1. The van der Waals surface area contributed by atoms with Crippen LogP contribution in [0.15, 0.2) is 47.1 Å².